The molecule has 1 aliphatic heterocycles. The van der Waals surface area contributed by atoms with Gasteiger partial charge in [0.05, 0.1) is 6.54 Å². The van der Waals surface area contributed by atoms with Crippen LogP contribution in [0.15, 0.2) is 36.5 Å². The minimum atomic E-state index is 0.384. The van der Waals surface area contributed by atoms with E-state index in [-0.39, 0.29) is 0 Å². The summed E-state index contributed by atoms with van der Waals surface area (Å²) in [5.74, 6) is 0.728. The topological polar surface area (TPSA) is 63.2 Å². The maximum atomic E-state index is 5.84. The molecule has 1 aliphatic carbocycles. The van der Waals surface area contributed by atoms with Crippen LogP contribution in [0.4, 0.5) is 5.69 Å². The molecule has 1 saturated heterocycles. The molecule has 0 amide bonds. The van der Waals surface area contributed by atoms with Gasteiger partial charge in [-0.15, -0.1) is 0 Å². The van der Waals surface area contributed by atoms with Crippen molar-refractivity contribution in [2.75, 3.05) is 38.1 Å². The number of hydrogen-bond donors (Lipinski definition) is 1. The molecule has 5 rings (SSSR count). The van der Waals surface area contributed by atoms with E-state index in [1.54, 1.807) is 0 Å². The lowest BCUT2D eigenvalue weighted by atomic mass is 9.95. The summed E-state index contributed by atoms with van der Waals surface area (Å²) in [6, 6.07) is 12.0. The molecule has 2 fully saturated rings. The van der Waals surface area contributed by atoms with Gasteiger partial charge in [-0.25, -0.2) is 9.97 Å². The summed E-state index contributed by atoms with van der Waals surface area (Å²) in [4.78, 5) is 14.2. The number of piperazine rings is 1. The third-order valence-corrected chi connectivity index (χ3v) is 7.02. The molecule has 1 aromatic carbocycles. The van der Waals surface area contributed by atoms with Gasteiger partial charge in [0, 0.05) is 61.6 Å². The zero-order chi connectivity index (χ0) is 21.2. The maximum Gasteiger partial charge on any atom is 0.144 e. The minimum Gasteiger partial charge on any atom is -0.369 e. The average molecular weight is 419 g/mol. The molecule has 31 heavy (non-hydrogen) atoms. The van der Waals surface area contributed by atoms with E-state index in [0.717, 1.165) is 49.5 Å². The highest BCUT2D eigenvalue weighted by molar-refractivity contribution is 5.77. The Balaban J connectivity index is 1.43. The Morgan fingerprint density at radius 3 is 2.45 bits per heavy atom. The smallest absolute Gasteiger partial charge is 0.144 e. The number of rotatable bonds is 5. The maximum absolute atomic E-state index is 5.84. The number of hydrogen-bond acceptors (Lipinski definition) is 5. The summed E-state index contributed by atoms with van der Waals surface area (Å²) in [6.07, 6.45) is 9.30. The molecule has 3 heterocycles. The summed E-state index contributed by atoms with van der Waals surface area (Å²) >= 11 is 0. The van der Waals surface area contributed by atoms with Gasteiger partial charge in [0.25, 0.3) is 0 Å². The molecule has 0 unspecified atom stereocenters. The van der Waals surface area contributed by atoms with Crippen molar-refractivity contribution in [3.8, 4) is 0 Å². The van der Waals surface area contributed by atoms with Crippen LogP contribution in [0.25, 0.3) is 11.0 Å². The summed E-state index contributed by atoms with van der Waals surface area (Å²) in [7, 11) is 2.20. The molecule has 6 nitrogen and oxygen atoms in total. The number of nitrogens with zero attached hydrogens (tertiary/aromatic N) is 5. The highest BCUT2D eigenvalue weighted by Crippen LogP contribution is 2.34. The van der Waals surface area contributed by atoms with E-state index in [0.29, 0.717) is 12.6 Å². The van der Waals surface area contributed by atoms with Gasteiger partial charge in [-0.2, -0.15) is 0 Å². The van der Waals surface area contributed by atoms with Gasteiger partial charge in [-0.3, -0.25) is 0 Å². The highest BCUT2D eigenvalue weighted by atomic mass is 15.2. The third-order valence-electron chi connectivity index (χ3n) is 7.02. The monoisotopic (exact) mass is 418 g/mol. The van der Waals surface area contributed by atoms with Gasteiger partial charge in [0.1, 0.15) is 11.5 Å². The second-order valence-corrected chi connectivity index (χ2v) is 9.20. The van der Waals surface area contributed by atoms with E-state index in [9.17, 15) is 0 Å². The molecule has 2 aromatic heterocycles. The zero-order valence-electron chi connectivity index (χ0n) is 18.6. The Morgan fingerprint density at radius 2 is 1.74 bits per heavy atom. The summed E-state index contributed by atoms with van der Waals surface area (Å²) in [5.41, 5.74) is 10.9. The Labute approximate surface area is 185 Å². The fraction of sp³-hybridized carbons (Fsp3) is 0.520. The average Bonchev–Trinajstić information content (AvgIpc) is 3.17. The van der Waals surface area contributed by atoms with Crippen LogP contribution in [0.2, 0.25) is 0 Å². The van der Waals surface area contributed by atoms with Crippen LogP contribution >= 0.6 is 0 Å². The van der Waals surface area contributed by atoms with Crippen molar-refractivity contribution in [2.45, 2.75) is 51.1 Å². The van der Waals surface area contributed by atoms with E-state index in [2.05, 4.69) is 56.7 Å². The fourth-order valence-electron chi connectivity index (χ4n) is 5.18. The van der Waals surface area contributed by atoms with E-state index >= 15 is 0 Å². The van der Waals surface area contributed by atoms with E-state index in [4.69, 9.17) is 10.7 Å². The van der Waals surface area contributed by atoms with E-state index < -0.39 is 0 Å². The van der Waals surface area contributed by atoms with Crippen molar-refractivity contribution in [1.29, 1.82) is 0 Å². The lowest BCUT2D eigenvalue weighted by Gasteiger charge is -2.34. The summed E-state index contributed by atoms with van der Waals surface area (Å²) < 4.78 is 2.50. The zero-order valence-corrected chi connectivity index (χ0v) is 18.6. The molecule has 1 saturated carbocycles. The van der Waals surface area contributed by atoms with Crippen LogP contribution in [0.3, 0.4) is 0 Å². The highest BCUT2D eigenvalue weighted by Gasteiger charge is 2.22. The summed E-state index contributed by atoms with van der Waals surface area (Å²) in [5, 5.41) is 1.13. The molecule has 0 atom stereocenters. The van der Waals surface area contributed by atoms with Crippen molar-refractivity contribution in [1.82, 2.24) is 19.4 Å². The minimum absolute atomic E-state index is 0.384. The Bertz CT molecular complexity index is 1010. The van der Waals surface area contributed by atoms with Crippen molar-refractivity contribution < 1.29 is 0 Å². The number of fused-ring (bicyclic) bond motifs is 1. The SMILES string of the molecule is CN1CCN(c2ccc(Cc3cc4cnc(CN)nc4n3C3CCCCC3)cc2)CC1. The lowest BCUT2D eigenvalue weighted by Crippen LogP contribution is -2.44. The van der Waals surface area contributed by atoms with Crippen LogP contribution < -0.4 is 10.6 Å². The second kappa shape index (κ2) is 8.97. The summed E-state index contributed by atoms with van der Waals surface area (Å²) in [6.45, 7) is 4.86. The first-order chi connectivity index (χ1) is 15.2. The fourth-order valence-corrected chi connectivity index (χ4v) is 5.18. The standard InChI is InChI=1S/C25H34N6/c1-29-11-13-30(14-12-29)21-9-7-19(8-10-21)15-23-16-20-18-27-24(17-26)28-25(20)31(23)22-5-3-2-4-6-22/h7-10,16,18,22H,2-6,11-15,17,26H2,1H3. The van der Waals surface area contributed by atoms with Crippen molar-refractivity contribution in [2.24, 2.45) is 5.73 Å². The number of nitrogens with two attached hydrogens (primary N) is 1. The first kappa shape index (κ1) is 20.5. The van der Waals surface area contributed by atoms with E-state index in [1.165, 1.54) is 49.0 Å². The molecule has 3 aromatic rings. The van der Waals surface area contributed by atoms with Gasteiger partial charge in [-0.05, 0) is 43.7 Å². The van der Waals surface area contributed by atoms with Crippen molar-refractivity contribution in [3.05, 3.63) is 53.6 Å². The molecule has 2 N–H and O–H groups in total. The van der Waals surface area contributed by atoms with Gasteiger partial charge >= 0.3 is 0 Å². The van der Waals surface area contributed by atoms with Crippen LogP contribution in [0.1, 0.15) is 55.2 Å². The molecule has 6 heteroatoms. The largest absolute Gasteiger partial charge is 0.369 e. The predicted octanol–water partition coefficient (Wildman–Crippen LogP) is 3.74. The molecule has 0 spiro atoms. The first-order valence-electron chi connectivity index (χ1n) is 11.8. The van der Waals surface area contributed by atoms with E-state index in [1.807, 2.05) is 6.20 Å². The van der Waals surface area contributed by atoms with Crippen molar-refractivity contribution >= 4 is 16.7 Å². The van der Waals surface area contributed by atoms with Crippen LogP contribution in [-0.4, -0.2) is 52.7 Å². The van der Waals surface area contributed by atoms with Crippen LogP contribution in [0, 0.1) is 0 Å². The van der Waals surface area contributed by atoms with Crippen LogP contribution in [0.5, 0.6) is 0 Å². The molecular weight excluding hydrogens is 384 g/mol. The molecule has 0 radical (unpaired) electrons. The van der Waals surface area contributed by atoms with Gasteiger partial charge < -0.3 is 20.1 Å². The lowest BCUT2D eigenvalue weighted by molar-refractivity contribution is 0.313. The Kier molecular flexibility index (Phi) is 5.92. The first-order valence-corrected chi connectivity index (χ1v) is 11.8. The molecule has 2 aliphatic rings. The third kappa shape index (κ3) is 4.32. The van der Waals surface area contributed by atoms with Gasteiger partial charge in [-0.1, -0.05) is 31.4 Å². The predicted molar refractivity (Wildman–Crippen MR) is 126 cm³/mol. The quantitative estimate of drug-likeness (QED) is 0.684. The van der Waals surface area contributed by atoms with Gasteiger partial charge in [0.15, 0.2) is 0 Å². The number of aromatic nitrogens is 3. The molecular formula is C25H34N6. The van der Waals surface area contributed by atoms with Crippen LogP contribution in [-0.2, 0) is 13.0 Å². The number of anilines is 1. The van der Waals surface area contributed by atoms with Gasteiger partial charge in [0.2, 0.25) is 0 Å². The Morgan fingerprint density at radius 1 is 1.00 bits per heavy atom. The number of benzene rings is 1. The Hall–Kier alpha value is -2.44. The molecule has 164 valence electrons. The van der Waals surface area contributed by atoms with Crippen molar-refractivity contribution in [3.63, 3.8) is 0 Å². The molecule has 0 bridgehead atoms. The number of likely N-dealkylation sites (N-methyl/N-ethyl adjacent to an activating group) is 1. The normalized spacial score (nSPS) is 18.7. The second-order valence-electron chi connectivity index (χ2n) is 9.20.